The molecular formula is C10H21NO2. The Labute approximate surface area is 80.7 Å². The highest BCUT2D eigenvalue weighted by Gasteiger charge is 2.35. The van der Waals surface area contributed by atoms with Gasteiger partial charge in [-0.1, -0.05) is 0 Å². The lowest BCUT2D eigenvalue weighted by molar-refractivity contribution is -0.148. The molecule has 0 aliphatic rings. The Morgan fingerprint density at radius 3 is 1.85 bits per heavy atom. The van der Waals surface area contributed by atoms with Crippen LogP contribution in [0.5, 0.6) is 0 Å². The van der Waals surface area contributed by atoms with Gasteiger partial charge in [0.2, 0.25) is 0 Å². The third-order valence-corrected chi connectivity index (χ3v) is 2.66. The van der Waals surface area contributed by atoms with Gasteiger partial charge < -0.3 is 10.0 Å². The van der Waals surface area contributed by atoms with Crippen LogP contribution in [0.2, 0.25) is 0 Å². The zero-order chi connectivity index (χ0) is 10.9. The van der Waals surface area contributed by atoms with Crippen molar-refractivity contribution < 1.29 is 9.90 Å². The topological polar surface area (TPSA) is 40.5 Å². The Morgan fingerprint density at radius 1 is 1.23 bits per heavy atom. The Balaban J connectivity index is 4.52. The second-order valence-corrected chi connectivity index (χ2v) is 5.07. The molecule has 0 aromatic rings. The van der Waals surface area contributed by atoms with Crippen LogP contribution in [0.4, 0.5) is 0 Å². The molecule has 0 rings (SSSR count). The highest BCUT2D eigenvalue weighted by molar-refractivity contribution is 5.73. The average molecular weight is 187 g/mol. The van der Waals surface area contributed by atoms with E-state index in [1.165, 1.54) is 0 Å². The molecule has 0 spiro atoms. The Hall–Kier alpha value is -0.570. The van der Waals surface area contributed by atoms with Crippen LogP contribution in [-0.2, 0) is 4.79 Å². The summed E-state index contributed by atoms with van der Waals surface area (Å²) in [6.07, 6.45) is 0.641. The summed E-state index contributed by atoms with van der Waals surface area (Å²) >= 11 is 0. The summed E-state index contributed by atoms with van der Waals surface area (Å²) < 4.78 is 0. The third kappa shape index (κ3) is 3.35. The highest BCUT2D eigenvalue weighted by Crippen LogP contribution is 2.30. The predicted octanol–water partition coefficient (Wildman–Crippen LogP) is 1.83. The van der Waals surface area contributed by atoms with Crippen LogP contribution in [0.1, 0.15) is 34.1 Å². The van der Waals surface area contributed by atoms with Gasteiger partial charge in [-0.15, -0.1) is 0 Å². The van der Waals surface area contributed by atoms with Crippen LogP contribution in [0.25, 0.3) is 0 Å². The van der Waals surface area contributed by atoms with Gasteiger partial charge in [-0.2, -0.15) is 0 Å². The SMILES string of the molecule is CN(C)C(C)(C)CC(C)(C)C(=O)O. The van der Waals surface area contributed by atoms with Crippen LogP contribution in [-0.4, -0.2) is 35.6 Å². The number of nitrogens with zero attached hydrogens (tertiary/aromatic N) is 1. The summed E-state index contributed by atoms with van der Waals surface area (Å²) in [4.78, 5) is 13.0. The van der Waals surface area contributed by atoms with Crippen molar-refractivity contribution in [2.75, 3.05) is 14.1 Å². The molecule has 0 saturated heterocycles. The van der Waals surface area contributed by atoms with Crippen molar-refractivity contribution in [3.63, 3.8) is 0 Å². The molecule has 0 bridgehead atoms. The first kappa shape index (κ1) is 12.4. The molecule has 0 aliphatic carbocycles. The van der Waals surface area contributed by atoms with E-state index in [1.54, 1.807) is 13.8 Å². The van der Waals surface area contributed by atoms with Crippen molar-refractivity contribution in [1.82, 2.24) is 4.90 Å². The minimum atomic E-state index is -0.734. The van der Waals surface area contributed by atoms with Gasteiger partial charge >= 0.3 is 5.97 Å². The number of rotatable bonds is 4. The number of carboxylic acid groups (broad SMARTS) is 1. The van der Waals surface area contributed by atoms with Crippen molar-refractivity contribution in [1.29, 1.82) is 0 Å². The standard InChI is InChI=1S/C10H21NO2/c1-9(2,8(12)13)7-10(3,4)11(5)6/h7H2,1-6H3,(H,12,13). The van der Waals surface area contributed by atoms with E-state index in [-0.39, 0.29) is 5.54 Å². The number of aliphatic carboxylic acids is 1. The van der Waals surface area contributed by atoms with Crippen LogP contribution in [0.3, 0.4) is 0 Å². The Bertz CT molecular complexity index is 195. The summed E-state index contributed by atoms with van der Waals surface area (Å²) in [5.74, 6) is -0.734. The molecule has 0 aromatic carbocycles. The first-order valence-electron chi connectivity index (χ1n) is 4.50. The molecule has 13 heavy (non-hydrogen) atoms. The van der Waals surface area contributed by atoms with E-state index in [1.807, 2.05) is 14.1 Å². The van der Waals surface area contributed by atoms with Gasteiger partial charge in [-0.25, -0.2) is 0 Å². The van der Waals surface area contributed by atoms with Crippen LogP contribution in [0, 0.1) is 5.41 Å². The van der Waals surface area contributed by atoms with Gasteiger partial charge in [-0.05, 0) is 48.2 Å². The quantitative estimate of drug-likeness (QED) is 0.730. The van der Waals surface area contributed by atoms with Gasteiger partial charge in [0.15, 0.2) is 0 Å². The molecule has 0 aromatic heterocycles. The molecule has 0 fully saturated rings. The van der Waals surface area contributed by atoms with E-state index in [9.17, 15) is 4.79 Å². The Kier molecular flexibility index (Phi) is 3.50. The molecule has 0 atom stereocenters. The smallest absolute Gasteiger partial charge is 0.309 e. The molecule has 3 nitrogen and oxygen atoms in total. The molecule has 3 heteroatoms. The van der Waals surface area contributed by atoms with Gasteiger partial charge in [-0.3, -0.25) is 4.79 Å². The van der Waals surface area contributed by atoms with Crippen molar-refractivity contribution in [3.05, 3.63) is 0 Å². The van der Waals surface area contributed by atoms with Crippen molar-refractivity contribution >= 4 is 5.97 Å². The number of hydrogen-bond acceptors (Lipinski definition) is 2. The van der Waals surface area contributed by atoms with Gasteiger partial charge in [0, 0.05) is 5.54 Å². The largest absolute Gasteiger partial charge is 0.481 e. The van der Waals surface area contributed by atoms with Crippen molar-refractivity contribution in [2.45, 2.75) is 39.7 Å². The maximum atomic E-state index is 10.9. The maximum absolute atomic E-state index is 10.9. The molecule has 78 valence electrons. The van der Waals surface area contributed by atoms with Crippen LogP contribution in [0.15, 0.2) is 0 Å². The summed E-state index contributed by atoms with van der Waals surface area (Å²) in [6, 6.07) is 0. The van der Waals surface area contributed by atoms with Gasteiger partial charge in [0.25, 0.3) is 0 Å². The minimum absolute atomic E-state index is 0.0815. The number of carboxylic acids is 1. The van der Waals surface area contributed by atoms with E-state index in [0.717, 1.165) is 0 Å². The second-order valence-electron chi connectivity index (χ2n) is 5.07. The molecule has 0 radical (unpaired) electrons. The zero-order valence-electron chi connectivity index (χ0n) is 9.51. The lowest BCUT2D eigenvalue weighted by atomic mass is 9.79. The van der Waals surface area contributed by atoms with E-state index in [0.29, 0.717) is 6.42 Å². The lowest BCUT2D eigenvalue weighted by Crippen LogP contribution is -2.44. The summed E-state index contributed by atoms with van der Waals surface area (Å²) in [6.45, 7) is 7.64. The molecule has 0 aliphatic heterocycles. The van der Waals surface area contributed by atoms with E-state index >= 15 is 0 Å². The normalized spacial score (nSPS) is 13.5. The van der Waals surface area contributed by atoms with Crippen molar-refractivity contribution in [3.8, 4) is 0 Å². The van der Waals surface area contributed by atoms with E-state index < -0.39 is 11.4 Å². The Morgan fingerprint density at radius 2 is 1.62 bits per heavy atom. The second kappa shape index (κ2) is 3.66. The third-order valence-electron chi connectivity index (χ3n) is 2.66. The molecule has 0 unspecified atom stereocenters. The summed E-state index contributed by atoms with van der Waals surface area (Å²) in [5, 5.41) is 8.97. The van der Waals surface area contributed by atoms with Crippen LogP contribution < -0.4 is 0 Å². The van der Waals surface area contributed by atoms with E-state index in [4.69, 9.17) is 5.11 Å². The highest BCUT2D eigenvalue weighted by atomic mass is 16.4. The predicted molar refractivity (Wildman–Crippen MR) is 53.8 cm³/mol. The summed E-state index contributed by atoms with van der Waals surface area (Å²) in [7, 11) is 3.94. The first-order valence-corrected chi connectivity index (χ1v) is 4.50. The molecule has 0 saturated carbocycles. The molecule has 1 N–H and O–H groups in total. The fraction of sp³-hybridized carbons (Fsp3) is 0.900. The number of hydrogen-bond donors (Lipinski definition) is 1. The maximum Gasteiger partial charge on any atom is 0.309 e. The average Bonchev–Trinajstić information content (AvgIpc) is 1.83. The van der Waals surface area contributed by atoms with Crippen LogP contribution >= 0.6 is 0 Å². The summed E-state index contributed by atoms with van der Waals surface area (Å²) in [5.41, 5.74) is -0.740. The zero-order valence-corrected chi connectivity index (χ0v) is 9.51. The van der Waals surface area contributed by atoms with Crippen molar-refractivity contribution in [2.24, 2.45) is 5.41 Å². The monoisotopic (exact) mass is 187 g/mol. The molecule has 0 heterocycles. The fourth-order valence-corrected chi connectivity index (χ4v) is 1.32. The number of carbonyl (C=O) groups is 1. The minimum Gasteiger partial charge on any atom is -0.481 e. The van der Waals surface area contributed by atoms with E-state index in [2.05, 4.69) is 18.7 Å². The van der Waals surface area contributed by atoms with Gasteiger partial charge in [0.1, 0.15) is 0 Å². The fourth-order valence-electron chi connectivity index (χ4n) is 1.32. The first-order chi connectivity index (χ1) is 5.59. The van der Waals surface area contributed by atoms with Gasteiger partial charge in [0.05, 0.1) is 5.41 Å². The molecular weight excluding hydrogens is 166 g/mol. The molecule has 0 amide bonds. The lowest BCUT2D eigenvalue weighted by Gasteiger charge is -2.37.